The topological polar surface area (TPSA) is 123 Å². The van der Waals surface area contributed by atoms with E-state index in [1.165, 1.54) is 47.9 Å². The number of hydrogen-bond acceptors (Lipinski definition) is 10. The summed E-state index contributed by atoms with van der Waals surface area (Å²) in [5.41, 5.74) is 1.33. The summed E-state index contributed by atoms with van der Waals surface area (Å²) in [5, 5.41) is 10.8. The Hall–Kier alpha value is -4.86. The summed E-state index contributed by atoms with van der Waals surface area (Å²) in [4.78, 5) is 26.4. The molecule has 1 aliphatic heterocycles. The first-order chi connectivity index (χ1) is 18.9. The molecule has 0 saturated heterocycles. The zero-order valence-corrected chi connectivity index (χ0v) is 21.9. The molecule has 0 spiro atoms. The van der Waals surface area contributed by atoms with Crippen LogP contribution in [-0.2, 0) is 4.79 Å². The van der Waals surface area contributed by atoms with Crippen LogP contribution in [-0.4, -0.2) is 46.6 Å². The molecule has 3 aromatic carbocycles. The number of rotatable bonds is 7. The molecule has 2 heterocycles. The Morgan fingerprint density at radius 3 is 2.18 bits per heavy atom. The zero-order valence-electron chi connectivity index (χ0n) is 21.9. The van der Waals surface area contributed by atoms with Gasteiger partial charge in [-0.15, -0.1) is 0 Å². The van der Waals surface area contributed by atoms with E-state index in [0.717, 1.165) is 0 Å². The maximum Gasteiger partial charge on any atom is 0.312 e. The summed E-state index contributed by atoms with van der Waals surface area (Å²) in [5.74, 6) is 0.604. The van der Waals surface area contributed by atoms with Crippen LogP contribution in [0.25, 0.3) is 22.1 Å². The minimum atomic E-state index is -0.644. The van der Waals surface area contributed by atoms with Gasteiger partial charge in [0.25, 0.3) is 0 Å². The van der Waals surface area contributed by atoms with Gasteiger partial charge in [0.2, 0.25) is 11.2 Å². The van der Waals surface area contributed by atoms with Gasteiger partial charge in [0.1, 0.15) is 28.7 Å². The normalized spacial score (nSPS) is 14.4. The molecule has 4 aromatic rings. The van der Waals surface area contributed by atoms with Gasteiger partial charge < -0.3 is 37.9 Å². The Morgan fingerprint density at radius 1 is 0.821 bits per heavy atom. The molecule has 202 valence electrons. The third-order valence-electron chi connectivity index (χ3n) is 6.78. The fourth-order valence-electron chi connectivity index (χ4n) is 5.00. The van der Waals surface area contributed by atoms with Gasteiger partial charge in [0, 0.05) is 23.1 Å². The van der Waals surface area contributed by atoms with Crippen molar-refractivity contribution in [3.8, 4) is 51.4 Å². The van der Waals surface area contributed by atoms with Crippen LogP contribution in [0.2, 0.25) is 0 Å². The van der Waals surface area contributed by atoms with Crippen LogP contribution in [0.4, 0.5) is 0 Å². The average molecular weight is 535 g/mol. The number of phenolic OH excluding ortho intramolecular Hbond substituents is 1. The van der Waals surface area contributed by atoms with E-state index in [1.54, 1.807) is 30.3 Å². The molecule has 1 aromatic heterocycles. The van der Waals surface area contributed by atoms with Crippen LogP contribution in [0.15, 0.2) is 51.9 Å². The quantitative estimate of drug-likeness (QED) is 0.265. The van der Waals surface area contributed by atoms with Crippen LogP contribution in [0.1, 0.15) is 23.5 Å². The number of benzene rings is 3. The van der Waals surface area contributed by atoms with Crippen LogP contribution in [0.3, 0.4) is 0 Å². The number of phenols is 1. The smallest absolute Gasteiger partial charge is 0.312 e. The van der Waals surface area contributed by atoms with E-state index < -0.39 is 17.3 Å². The molecule has 1 atom stereocenters. The third-order valence-corrected chi connectivity index (χ3v) is 6.78. The second kappa shape index (κ2) is 10.1. The largest absolute Gasteiger partial charge is 0.507 e. The number of carbonyl (C=O) groups is 1. The molecule has 10 heteroatoms. The highest BCUT2D eigenvalue weighted by Crippen LogP contribution is 2.51. The lowest BCUT2D eigenvalue weighted by Gasteiger charge is -2.27. The van der Waals surface area contributed by atoms with E-state index in [1.807, 2.05) is 0 Å². The minimum Gasteiger partial charge on any atom is -0.507 e. The van der Waals surface area contributed by atoms with E-state index in [-0.39, 0.29) is 34.5 Å². The van der Waals surface area contributed by atoms with Gasteiger partial charge in [0.15, 0.2) is 23.0 Å². The van der Waals surface area contributed by atoms with Gasteiger partial charge in [-0.2, -0.15) is 0 Å². The monoisotopic (exact) mass is 534 g/mol. The maximum absolute atomic E-state index is 13.7. The van der Waals surface area contributed by atoms with Crippen LogP contribution in [0.5, 0.6) is 40.2 Å². The van der Waals surface area contributed by atoms with Gasteiger partial charge in [0.05, 0.1) is 47.5 Å². The Morgan fingerprint density at radius 2 is 1.51 bits per heavy atom. The first kappa shape index (κ1) is 25.8. The standard InChI is InChI=1S/C29H26O10/c1-33-19-8-6-14(10-21(19)35-3)17-13-38-29-24-16(15-7-9-20(34-2)28(37-5)27(15)36-4)11-23(31)39-22(24)12-18(30)25(29)26(17)32/h6-10,12-13,16,30H,11H2,1-5H3. The molecule has 1 unspecified atom stereocenters. The molecule has 10 nitrogen and oxygen atoms in total. The van der Waals surface area contributed by atoms with E-state index in [2.05, 4.69) is 0 Å². The summed E-state index contributed by atoms with van der Waals surface area (Å²) in [6.45, 7) is 0. The summed E-state index contributed by atoms with van der Waals surface area (Å²) in [6, 6.07) is 9.71. The summed E-state index contributed by atoms with van der Waals surface area (Å²) >= 11 is 0. The number of carbonyl (C=O) groups excluding carboxylic acids is 1. The molecule has 0 fully saturated rings. The average Bonchev–Trinajstić information content (AvgIpc) is 2.95. The fraction of sp³-hybridized carbons (Fsp3) is 0.241. The number of ether oxygens (including phenoxy) is 6. The second-order valence-electron chi connectivity index (χ2n) is 8.71. The van der Waals surface area contributed by atoms with E-state index in [4.69, 9.17) is 32.8 Å². The molecule has 39 heavy (non-hydrogen) atoms. The van der Waals surface area contributed by atoms with Crippen molar-refractivity contribution in [3.63, 3.8) is 0 Å². The first-order valence-electron chi connectivity index (χ1n) is 11.9. The molecule has 0 radical (unpaired) electrons. The maximum atomic E-state index is 13.7. The summed E-state index contributed by atoms with van der Waals surface area (Å²) in [6.07, 6.45) is 1.24. The highest BCUT2D eigenvalue weighted by molar-refractivity contribution is 5.94. The highest BCUT2D eigenvalue weighted by atomic mass is 16.5. The van der Waals surface area contributed by atoms with E-state index in [0.29, 0.717) is 45.4 Å². The van der Waals surface area contributed by atoms with Gasteiger partial charge in [-0.3, -0.25) is 9.59 Å². The molecule has 0 saturated carbocycles. The van der Waals surface area contributed by atoms with Gasteiger partial charge in [-0.1, -0.05) is 12.1 Å². The van der Waals surface area contributed by atoms with Crippen LogP contribution >= 0.6 is 0 Å². The molecule has 0 aliphatic carbocycles. The summed E-state index contributed by atoms with van der Waals surface area (Å²) in [7, 11) is 7.47. The number of methoxy groups -OCH3 is 5. The van der Waals surface area contributed by atoms with Crippen molar-refractivity contribution in [2.75, 3.05) is 35.5 Å². The Bertz CT molecular complexity index is 1650. The Kier molecular flexibility index (Phi) is 6.69. The minimum absolute atomic E-state index is 0.0524. The van der Waals surface area contributed by atoms with Gasteiger partial charge in [-0.05, 0) is 23.8 Å². The molecule has 0 bridgehead atoms. The lowest BCUT2D eigenvalue weighted by molar-refractivity contribution is -0.135. The van der Waals surface area contributed by atoms with Crippen molar-refractivity contribution in [2.45, 2.75) is 12.3 Å². The van der Waals surface area contributed by atoms with Crippen molar-refractivity contribution >= 4 is 16.9 Å². The fourth-order valence-corrected chi connectivity index (χ4v) is 5.00. The van der Waals surface area contributed by atoms with Crippen molar-refractivity contribution < 1.29 is 42.7 Å². The van der Waals surface area contributed by atoms with Crippen molar-refractivity contribution in [3.05, 3.63) is 64.0 Å². The Labute approximate surface area is 223 Å². The predicted molar refractivity (Wildman–Crippen MR) is 141 cm³/mol. The third kappa shape index (κ3) is 4.14. The molecular formula is C29H26O10. The van der Waals surface area contributed by atoms with Crippen LogP contribution in [0, 0.1) is 0 Å². The summed E-state index contributed by atoms with van der Waals surface area (Å²) < 4.78 is 38.7. The number of esters is 1. The number of fused-ring (bicyclic) bond motifs is 3. The van der Waals surface area contributed by atoms with Gasteiger partial charge >= 0.3 is 5.97 Å². The van der Waals surface area contributed by atoms with E-state index >= 15 is 0 Å². The van der Waals surface area contributed by atoms with Crippen molar-refractivity contribution in [2.24, 2.45) is 0 Å². The van der Waals surface area contributed by atoms with Crippen molar-refractivity contribution in [1.29, 1.82) is 0 Å². The number of aromatic hydroxyl groups is 1. The second-order valence-corrected chi connectivity index (χ2v) is 8.71. The SMILES string of the molecule is COc1ccc(-c2coc3c4c(cc(O)c3c2=O)OC(=O)CC4c2ccc(OC)c(OC)c2OC)cc1OC. The molecular weight excluding hydrogens is 508 g/mol. The van der Waals surface area contributed by atoms with Crippen molar-refractivity contribution in [1.82, 2.24) is 0 Å². The molecule has 5 rings (SSSR count). The molecule has 1 N–H and O–H groups in total. The lowest BCUT2D eigenvalue weighted by Crippen LogP contribution is -2.22. The number of hydrogen-bond donors (Lipinski definition) is 1. The van der Waals surface area contributed by atoms with E-state index in [9.17, 15) is 14.7 Å². The molecule has 0 amide bonds. The molecule has 1 aliphatic rings. The zero-order chi connectivity index (χ0) is 27.8. The van der Waals surface area contributed by atoms with Gasteiger partial charge in [-0.25, -0.2) is 0 Å². The van der Waals surface area contributed by atoms with Crippen LogP contribution < -0.4 is 33.8 Å². The Balaban J connectivity index is 1.76. The highest BCUT2D eigenvalue weighted by Gasteiger charge is 2.36. The predicted octanol–water partition coefficient (Wildman–Crippen LogP) is 4.65. The first-order valence-corrected chi connectivity index (χ1v) is 11.9. The lowest BCUT2D eigenvalue weighted by atomic mass is 9.84.